The Balaban J connectivity index is 1.15. The number of nitrogens with zero attached hydrogens (tertiary/aromatic N) is 1. The van der Waals surface area contributed by atoms with Crippen LogP contribution in [0, 0.1) is 0 Å². The van der Waals surface area contributed by atoms with E-state index in [0.717, 1.165) is 21.4 Å². The summed E-state index contributed by atoms with van der Waals surface area (Å²) < 4.78 is 11.4. The molecule has 3 aromatic rings. The number of benzene rings is 2. The van der Waals surface area contributed by atoms with E-state index in [1.54, 1.807) is 6.07 Å². The van der Waals surface area contributed by atoms with E-state index in [1.165, 1.54) is 0 Å². The quantitative estimate of drug-likeness (QED) is 0.510. The molecule has 9 nitrogen and oxygen atoms in total. The third-order valence-corrected chi connectivity index (χ3v) is 5.60. The number of para-hydroxylation sites is 3. The lowest BCUT2D eigenvalue weighted by Crippen LogP contribution is -2.45. The monoisotopic (exact) mass is 434 g/mol. The number of urea groups is 1. The smallest absolute Gasteiger partial charge is 0.325 e. The number of ether oxygens (including phenoxy) is 2. The Kier molecular flexibility index (Phi) is 5.14. The lowest BCUT2D eigenvalue weighted by atomic mass is 10.1. The van der Waals surface area contributed by atoms with E-state index in [9.17, 15) is 14.4 Å². The first-order chi connectivity index (χ1) is 15.6. The fourth-order valence-corrected chi connectivity index (χ4v) is 3.98. The van der Waals surface area contributed by atoms with Gasteiger partial charge in [0.05, 0.1) is 6.54 Å². The van der Waals surface area contributed by atoms with Gasteiger partial charge in [-0.05, 0) is 23.8 Å². The molecule has 2 atom stereocenters. The summed E-state index contributed by atoms with van der Waals surface area (Å²) in [5, 5.41) is 6.39. The molecule has 5 rings (SSSR count). The van der Waals surface area contributed by atoms with Crippen LogP contribution in [0.2, 0.25) is 0 Å². The van der Waals surface area contributed by atoms with Gasteiger partial charge < -0.3 is 25.1 Å². The average Bonchev–Trinajstić information content (AvgIpc) is 3.34. The molecule has 32 heavy (non-hydrogen) atoms. The number of hydrogen-bond acceptors (Lipinski definition) is 5. The van der Waals surface area contributed by atoms with E-state index in [0.29, 0.717) is 24.5 Å². The number of H-pyrrole nitrogens is 1. The van der Waals surface area contributed by atoms with Crippen LogP contribution < -0.4 is 20.1 Å². The van der Waals surface area contributed by atoms with Crippen LogP contribution in [0.1, 0.15) is 5.56 Å². The van der Waals surface area contributed by atoms with Gasteiger partial charge in [0.25, 0.3) is 5.91 Å². The van der Waals surface area contributed by atoms with Gasteiger partial charge in [-0.1, -0.05) is 30.3 Å². The first-order valence-electron chi connectivity index (χ1n) is 10.4. The molecule has 0 saturated carbocycles. The predicted octanol–water partition coefficient (Wildman–Crippen LogP) is 1.59. The molecule has 3 heterocycles. The zero-order valence-electron chi connectivity index (χ0n) is 17.2. The van der Waals surface area contributed by atoms with E-state index in [4.69, 9.17) is 9.47 Å². The summed E-state index contributed by atoms with van der Waals surface area (Å²) in [7, 11) is 0. The van der Waals surface area contributed by atoms with Crippen molar-refractivity contribution in [2.24, 2.45) is 0 Å². The molecule has 9 heteroatoms. The maximum atomic E-state index is 12.8. The number of rotatable bonds is 6. The van der Waals surface area contributed by atoms with Crippen molar-refractivity contribution in [1.29, 1.82) is 0 Å². The molecular weight excluding hydrogens is 412 g/mol. The van der Waals surface area contributed by atoms with Crippen LogP contribution in [0.3, 0.4) is 0 Å². The standard InChI is InChI=1S/C23H22N4O5/c28-21(25-11-15-13-31-19-7-3-4-8-20(19)32-15)12-27-22(29)18(26-23(27)30)9-14-10-24-17-6-2-1-5-16(14)17/h1-8,10,15,18,24H,9,11-13H2,(H,25,28)(H,26,30)/t15-,18-/m1/s1. The lowest BCUT2D eigenvalue weighted by Gasteiger charge is -2.26. The van der Waals surface area contributed by atoms with Crippen LogP contribution in [-0.4, -0.2) is 59.6 Å². The highest BCUT2D eigenvalue weighted by Crippen LogP contribution is 2.30. The van der Waals surface area contributed by atoms with Gasteiger partial charge in [0, 0.05) is 23.5 Å². The number of aromatic amines is 1. The second kappa shape index (κ2) is 8.26. The van der Waals surface area contributed by atoms with Crippen LogP contribution in [0.25, 0.3) is 10.9 Å². The molecule has 3 N–H and O–H groups in total. The minimum Gasteiger partial charge on any atom is -0.486 e. The number of carbonyl (C=O) groups excluding carboxylic acids is 3. The number of fused-ring (bicyclic) bond motifs is 2. The van der Waals surface area contributed by atoms with Crippen LogP contribution in [0.5, 0.6) is 11.5 Å². The molecule has 2 aliphatic heterocycles. The number of carbonyl (C=O) groups is 3. The Morgan fingerprint density at radius 1 is 1.09 bits per heavy atom. The number of hydrogen-bond donors (Lipinski definition) is 3. The molecule has 2 aliphatic rings. The first-order valence-corrected chi connectivity index (χ1v) is 10.4. The minimum atomic E-state index is -0.707. The highest BCUT2D eigenvalue weighted by molar-refractivity contribution is 6.06. The van der Waals surface area contributed by atoms with Crippen molar-refractivity contribution in [2.75, 3.05) is 19.7 Å². The molecule has 2 aromatic carbocycles. The molecule has 1 fully saturated rings. The predicted molar refractivity (Wildman–Crippen MR) is 115 cm³/mol. The first kappa shape index (κ1) is 19.9. The number of nitrogens with one attached hydrogen (secondary N) is 3. The molecule has 4 amide bonds. The van der Waals surface area contributed by atoms with Crippen molar-refractivity contribution >= 4 is 28.7 Å². The Hall–Kier alpha value is -4.01. The summed E-state index contributed by atoms with van der Waals surface area (Å²) in [6.07, 6.45) is 1.83. The molecular formula is C23H22N4O5. The summed E-state index contributed by atoms with van der Waals surface area (Å²) in [5.74, 6) is 0.424. The van der Waals surface area contributed by atoms with E-state index < -0.39 is 23.9 Å². The minimum absolute atomic E-state index is 0.204. The molecule has 0 spiro atoms. The zero-order valence-corrected chi connectivity index (χ0v) is 17.2. The van der Waals surface area contributed by atoms with Crippen LogP contribution in [0.15, 0.2) is 54.7 Å². The highest BCUT2D eigenvalue weighted by Gasteiger charge is 2.39. The van der Waals surface area contributed by atoms with Gasteiger partial charge >= 0.3 is 6.03 Å². The third kappa shape index (κ3) is 3.84. The number of imide groups is 1. The lowest BCUT2D eigenvalue weighted by molar-refractivity contribution is -0.132. The van der Waals surface area contributed by atoms with Crippen molar-refractivity contribution in [3.05, 3.63) is 60.3 Å². The molecule has 164 valence electrons. The van der Waals surface area contributed by atoms with Crippen molar-refractivity contribution in [1.82, 2.24) is 20.5 Å². The van der Waals surface area contributed by atoms with Crippen LogP contribution >= 0.6 is 0 Å². The fraction of sp³-hybridized carbons (Fsp3) is 0.261. The molecule has 0 unspecified atom stereocenters. The maximum Gasteiger partial charge on any atom is 0.325 e. The van der Waals surface area contributed by atoms with E-state index in [-0.39, 0.29) is 19.2 Å². The van der Waals surface area contributed by atoms with E-state index >= 15 is 0 Å². The molecule has 1 aromatic heterocycles. The summed E-state index contributed by atoms with van der Waals surface area (Å²) in [4.78, 5) is 41.6. The zero-order chi connectivity index (χ0) is 22.1. The number of amides is 4. The summed E-state index contributed by atoms with van der Waals surface area (Å²) in [6, 6.07) is 13.8. The number of aromatic nitrogens is 1. The molecule has 0 aliphatic carbocycles. The summed E-state index contributed by atoms with van der Waals surface area (Å²) in [6.45, 7) is 0.155. The topological polar surface area (TPSA) is 113 Å². The summed E-state index contributed by atoms with van der Waals surface area (Å²) in [5.41, 5.74) is 1.90. The van der Waals surface area contributed by atoms with Gasteiger partial charge in [0.1, 0.15) is 25.3 Å². The second-order valence-corrected chi connectivity index (χ2v) is 7.79. The van der Waals surface area contributed by atoms with Crippen molar-refractivity contribution in [2.45, 2.75) is 18.6 Å². The van der Waals surface area contributed by atoms with Crippen molar-refractivity contribution < 1.29 is 23.9 Å². The Morgan fingerprint density at radius 2 is 1.88 bits per heavy atom. The largest absolute Gasteiger partial charge is 0.486 e. The van der Waals surface area contributed by atoms with Gasteiger partial charge in [0.15, 0.2) is 11.5 Å². The Labute approximate surface area is 183 Å². The third-order valence-electron chi connectivity index (χ3n) is 5.60. The van der Waals surface area contributed by atoms with Gasteiger partial charge in [-0.3, -0.25) is 14.5 Å². The molecule has 0 bridgehead atoms. The Morgan fingerprint density at radius 3 is 2.75 bits per heavy atom. The van der Waals surface area contributed by atoms with Gasteiger partial charge in [-0.15, -0.1) is 0 Å². The van der Waals surface area contributed by atoms with E-state index in [1.807, 2.05) is 48.7 Å². The van der Waals surface area contributed by atoms with Crippen LogP contribution in [-0.2, 0) is 16.0 Å². The van der Waals surface area contributed by atoms with E-state index in [2.05, 4.69) is 15.6 Å². The van der Waals surface area contributed by atoms with Gasteiger partial charge in [-0.25, -0.2) is 4.79 Å². The fourth-order valence-electron chi connectivity index (χ4n) is 3.98. The van der Waals surface area contributed by atoms with Crippen LogP contribution in [0.4, 0.5) is 4.79 Å². The second-order valence-electron chi connectivity index (χ2n) is 7.79. The van der Waals surface area contributed by atoms with Gasteiger partial charge in [-0.2, -0.15) is 0 Å². The highest BCUT2D eigenvalue weighted by atomic mass is 16.6. The molecule has 1 saturated heterocycles. The van der Waals surface area contributed by atoms with Crippen molar-refractivity contribution in [3.8, 4) is 11.5 Å². The molecule has 0 radical (unpaired) electrons. The maximum absolute atomic E-state index is 12.8. The van der Waals surface area contributed by atoms with Crippen molar-refractivity contribution in [3.63, 3.8) is 0 Å². The SMILES string of the molecule is O=C(CN1C(=O)N[C@H](Cc2c[nH]c3ccccc23)C1=O)NC[C@@H]1COc2ccccc2O1. The normalized spacial score (nSPS) is 19.8. The summed E-state index contributed by atoms with van der Waals surface area (Å²) >= 11 is 0. The Bertz CT molecular complexity index is 1190. The van der Waals surface area contributed by atoms with Gasteiger partial charge in [0.2, 0.25) is 5.91 Å². The average molecular weight is 434 g/mol.